The molecule has 1 N–H and O–H groups in total. The van der Waals surface area contributed by atoms with E-state index in [1.165, 1.54) is 18.6 Å². The normalized spacial score (nSPS) is 14.2. The lowest BCUT2D eigenvalue weighted by molar-refractivity contribution is -0.141. The monoisotopic (exact) mass is 464 g/mol. The van der Waals surface area contributed by atoms with Crippen LogP contribution in [0.25, 0.3) is 0 Å². The molecule has 0 saturated heterocycles. The molecule has 0 spiro atoms. The van der Waals surface area contributed by atoms with Crippen LogP contribution in [0.2, 0.25) is 5.02 Å². The number of rotatable bonds is 4. The number of nitrogens with one attached hydrogen (secondary N) is 1. The standard InChI is InChI=1S/C20H18ClF3N6.C2H6/c1-12(13-2-4-17(25-8-13)20(22,23)24)29-19-15-10-30(7-6-16(15)27-11-28-19)18-5-3-14(21)9-26-18;1-2/h2-5,8-9,11-12H,6-7,10H2,1H3,(H,27,28,29);1-2H3. The summed E-state index contributed by atoms with van der Waals surface area (Å²) in [6.07, 6.45) is 0.604. The molecule has 1 aliphatic heterocycles. The lowest BCUT2D eigenvalue weighted by Crippen LogP contribution is -2.32. The van der Waals surface area contributed by atoms with Crippen LogP contribution in [-0.4, -0.2) is 26.5 Å². The van der Waals surface area contributed by atoms with Crippen LogP contribution < -0.4 is 10.2 Å². The van der Waals surface area contributed by atoms with E-state index in [9.17, 15) is 13.2 Å². The summed E-state index contributed by atoms with van der Waals surface area (Å²) in [6.45, 7) is 7.17. The van der Waals surface area contributed by atoms with E-state index >= 15 is 0 Å². The highest BCUT2D eigenvalue weighted by Gasteiger charge is 2.32. The first kappa shape index (κ1) is 23.7. The number of fused-ring (bicyclic) bond motifs is 1. The molecule has 4 heterocycles. The number of hydrogen-bond donors (Lipinski definition) is 1. The third-order valence-electron chi connectivity index (χ3n) is 4.97. The Morgan fingerprint density at radius 2 is 1.81 bits per heavy atom. The highest BCUT2D eigenvalue weighted by Crippen LogP contribution is 2.30. The van der Waals surface area contributed by atoms with Gasteiger partial charge < -0.3 is 10.2 Å². The molecule has 32 heavy (non-hydrogen) atoms. The van der Waals surface area contributed by atoms with Crippen LogP contribution >= 0.6 is 11.6 Å². The van der Waals surface area contributed by atoms with Crippen molar-refractivity contribution in [1.29, 1.82) is 0 Å². The molecule has 0 bridgehead atoms. The zero-order chi connectivity index (χ0) is 23.3. The largest absolute Gasteiger partial charge is 0.433 e. The molecule has 6 nitrogen and oxygen atoms in total. The van der Waals surface area contributed by atoms with Crippen LogP contribution in [-0.2, 0) is 19.1 Å². The number of nitrogens with zero attached hydrogens (tertiary/aromatic N) is 5. The van der Waals surface area contributed by atoms with E-state index in [1.807, 2.05) is 26.8 Å². The molecule has 1 atom stereocenters. The zero-order valence-electron chi connectivity index (χ0n) is 18.0. The van der Waals surface area contributed by atoms with Gasteiger partial charge in [0.05, 0.1) is 16.8 Å². The van der Waals surface area contributed by atoms with Gasteiger partial charge >= 0.3 is 6.18 Å². The quantitative estimate of drug-likeness (QED) is 0.534. The van der Waals surface area contributed by atoms with Gasteiger partial charge in [0.1, 0.15) is 23.7 Å². The summed E-state index contributed by atoms with van der Waals surface area (Å²) in [5, 5.41) is 3.86. The van der Waals surface area contributed by atoms with Gasteiger partial charge in [0, 0.05) is 37.5 Å². The Balaban J connectivity index is 0.00000141. The van der Waals surface area contributed by atoms with Gasteiger partial charge in [-0.2, -0.15) is 13.2 Å². The first-order valence-electron chi connectivity index (χ1n) is 10.3. The molecule has 170 valence electrons. The number of aromatic nitrogens is 4. The van der Waals surface area contributed by atoms with Crippen molar-refractivity contribution >= 4 is 23.2 Å². The van der Waals surface area contributed by atoms with Crippen LogP contribution in [0.3, 0.4) is 0 Å². The maximum absolute atomic E-state index is 12.7. The lowest BCUT2D eigenvalue weighted by Gasteiger charge is -2.30. The van der Waals surface area contributed by atoms with E-state index in [0.29, 0.717) is 22.9 Å². The molecule has 10 heteroatoms. The summed E-state index contributed by atoms with van der Waals surface area (Å²) >= 11 is 5.93. The molecule has 3 aromatic heterocycles. The lowest BCUT2D eigenvalue weighted by atomic mass is 10.0. The van der Waals surface area contributed by atoms with Gasteiger partial charge in [-0.15, -0.1) is 0 Å². The first-order valence-corrected chi connectivity index (χ1v) is 10.7. The predicted molar refractivity (Wildman–Crippen MR) is 119 cm³/mol. The summed E-state index contributed by atoms with van der Waals surface area (Å²) < 4.78 is 38.2. The second-order valence-electron chi connectivity index (χ2n) is 6.99. The number of pyridine rings is 2. The Morgan fingerprint density at radius 3 is 2.44 bits per heavy atom. The Morgan fingerprint density at radius 1 is 1.03 bits per heavy atom. The van der Waals surface area contributed by atoms with Crippen molar-refractivity contribution in [2.24, 2.45) is 0 Å². The van der Waals surface area contributed by atoms with Crippen LogP contribution in [0.4, 0.5) is 24.8 Å². The SMILES string of the molecule is CC.CC(Nc1ncnc2c1CN(c1ccc(Cl)cn1)CC2)c1ccc(C(F)(F)F)nc1. The second-order valence-corrected chi connectivity index (χ2v) is 7.43. The maximum Gasteiger partial charge on any atom is 0.433 e. The summed E-state index contributed by atoms with van der Waals surface area (Å²) in [6, 6.07) is 5.77. The summed E-state index contributed by atoms with van der Waals surface area (Å²) in [7, 11) is 0. The predicted octanol–water partition coefficient (Wildman–Crippen LogP) is 5.70. The molecule has 0 aliphatic carbocycles. The van der Waals surface area contributed by atoms with Crippen LogP contribution in [0, 0.1) is 0 Å². The minimum absolute atomic E-state index is 0.289. The Kier molecular flexibility index (Phi) is 7.50. The van der Waals surface area contributed by atoms with Crippen molar-refractivity contribution in [3.63, 3.8) is 0 Å². The van der Waals surface area contributed by atoms with E-state index in [2.05, 4.69) is 30.2 Å². The molecule has 0 fully saturated rings. The summed E-state index contributed by atoms with van der Waals surface area (Å²) in [5.74, 6) is 1.45. The highest BCUT2D eigenvalue weighted by atomic mass is 35.5. The molecule has 1 unspecified atom stereocenters. The fraction of sp³-hybridized carbons (Fsp3) is 0.364. The van der Waals surface area contributed by atoms with Crippen molar-refractivity contribution in [2.75, 3.05) is 16.8 Å². The van der Waals surface area contributed by atoms with E-state index in [1.54, 1.807) is 12.3 Å². The van der Waals surface area contributed by atoms with Crippen LogP contribution in [0.15, 0.2) is 43.0 Å². The van der Waals surface area contributed by atoms with Gasteiger partial charge in [-0.25, -0.2) is 15.0 Å². The van der Waals surface area contributed by atoms with Crippen molar-refractivity contribution < 1.29 is 13.2 Å². The Bertz CT molecular complexity index is 1030. The van der Waals surface area contributed by atoms with E-state index in [0.717, 1.165) is 36.1 Å². The number of alkyl halides is 3. The first-order chi connectivity index (χ1) is 15.3. The molecule has 0 radical (unpaired) electrons. The molecule has 3 aromatic rings. The van der Waals surface area contributed by atoms with E-state index < -0.39 is 11.9 Å². The number of halogens is 4. The summed E-state index contributed by atoms with van der Waals surface area (Å²) in [5.41, 5.74) is 1.59. The van der Waals surface area contributed by atoms with Gasteiger partial charge in [-0.05, 0) is 30.7 Å². The van der Waals surface area contributed by atoms with Gasteiger partial charge in [0.25, 0.3) is 0 Å². The number of hydrogen-bond acceptors (Lipinski definition) is 6. The molecule has 0 aromatic carbocycles. The molecule has 0 amide bonds. The van der Waals surface area contributed by atoms with Crippen molar-refractivity contribution in [3.8, 4) is 0 Å². The molecular weight excluding hydrogens is 441 g/mol. The van der Waals surface area contributed by atoms with E-state index in [4.69, 9.17) is 11.6 Å². The van der Waals surface area contributed by atoms with Gasteiger partial charge in [-0.3, -0.25) is 4.98 Å². The second kappa shape index (κ2) is 10.1. The summed E-state index contributed by atoms with van der Waals surface area (Å²) in [4.78, 5) is 18.8. The minimum Gasteiger partial charge on any atom is -0.363 e. The molecular formula is C22H24ClF3N6. The molecule has 1 aliphatic rings. The third-order valence-corrected chi connectivity index (χ3v) is 5.19. The maximum atomic E-state index is 12.7. The van der Waals surface area contributed by atoms with Gasteiger partial charge in [-0.1, -0.05) is 31.5 Å². The van der Waals surface area contributed by atoms with Crippen molar-refractivity contribution in [2.45, 2.75) is 46.0 Å². The zero-order valence-corrected chi connectivity index (χ0v) is 18.7. The molecule has 0 saturated carbocycles. The average Bonchev–Trinajstić information content (AvgIpc) is 2.80. The van der Waals surface area contributed by atoms with Gasteiger partial charge in [0.2, 0.25) is 0 Å². The fourth-order valence-corrected chi connectivity index (χ4v) is 3.45. The smallest absolute Gasteiger partial charge is 0.363 e. The number of anilines is 2. The average molecular weight is 465 g/mol. The van der Waals surface area contributed by atoms with Crippen molar-refractivity contribution in [1.82, 2.24) is 19.9 Å². The Labute approximate surface area is 189 Å². The van der Waals surface area contributed by atoms with Crippen LogP contribution in [0.5, 0.6) is 0 Å². The van der Waals surface area contributed by atoms with Crippen LogP contribution in [0.1, 0.15) is 49.3 Å². The fourth-order valence-electron chi connectivity index (χ4n) is 3.33. The topological polar surface area (TPSA) is 66.8 Å². The third kappa shape index (κ3) is 5.45. The van der Waals surface area contributed by atoms with Crippen molar-refractivity contribution in [3.05, 3.63) is 70.5 Å². The minimum atomic E-state index is -4.46. The Hall–Kier alpha value is -2.94. The van der Waals surface area contributed by atoms with Gasteiger partial charge in [0.15, 0.2) is 0 Å². The highest BCUT2D eigenvalue weighted by molar-refractivity contribution is 6.30. The molecule has 4 rings (SSSR count). The van der Waals surface area contributed by atoms with E-state index in [-0.39, 0.29) is 6.04 Å².